The van der Waals surface area contributed by atoms with Crippen LogP contribution in [0.25, 0.3) is 0 Å². The van der Waals surface area contributed by atoms with Gasteiger partial charge in [0.2, 0.25) is 0 Å². The van der Waals surface area contributed by atoms with Crippen molar-refractivity contribution >= 4 is 10.1 Å². The van der Waals surface area contributed by atoms with Gasteiger partial charge in [0, 0.05) is 13.0 Å². The molecular formula is C4H6F3LiO4S. The predicted molar refractivity (Wildman–Crippen MR) is 31.2 cm³/mol. The molecule has 0 heterocycles. The van der Waals surface area contributed by atoms with Gasteiger partial charge < -0.3 is 9.66 Å². The van der Waals surface area contributed by atoms with Crippen LogP contribution in [-0.2, 0) is 10.1 Å². The molecule has 0 bridgehead atoms. The Balaban J connectivity index is 0. The van der Waals surface area contributed by atoms with E-state index in [0.29, 0.717) is 0 Å². The summed E-state index contributed by atoms with van der Waals surface area (Å²) in [5.41, 5.74) is 0. The first-order valence-corrected chi connectivity index (χ1v) is 4.22. The van der Waals surface area contributed by atoms with E-state index in [9.17, 15) is 26.1 Å². The predicted octanol–water partition coefficient (Wildman–Crippen LogP) is -3.15. The Morgan fingerprint density at radius 1 is 1.46 bits per heavy atom. The van der Waals surface area contributed by atoms with Crippen molar-refractivity contribution in [3.8, 4) is 0 Å². The molecule has 1 N–H and O–H groups in total. The van der Waals surface area contributed by atoms with Crippen LogP contribution in [0.5, 0.6) is 0 Å². The van der Waals surface area contributed by atoms with Gasteiger partial charge in [-0.05, 0) is 0 Å². The van der Waals surface area contributed by atoms with E-state index >= 15 is 0 Å². The SMILES string of the molecule is O=S(=O)([O-])C(F)(F)C(F)CCO.[Li+]. The second-order valence-electron chi connectivity index (χ2n) is 2.00. The minimum Gasteiger partial charge on any atom is -0.743 e. The van der Waals surface area contributed by atoms with Crippen LogP contribution in [0.4, 0.5) is 13.2 Å². The standard InChI is InChI=1S/C4H7F3O4S.Li/c5-3(1-2-8)4(6,7)12(9,10)11;/h3,8H,1-2H2,(H,9,10,11);/q;+1/p-1. The quantitative estimate of drug-likeness (QED) is 0.396. The molecule has 0 amide bonds. The van der Waals surface area contributed by atoms with Crippen molar-refractivity contribution in [2.45, 2.75) is 17.8 Å². The second-order valence-corrected chi connectivity index (χ2v) is 3.45. The summed E-state index contributed by atoms with van der Waals surface area (Å²) in [6, 6.07) is 0. The van der Waals surface area contributed by atoms with Crippen LogP contribution < -0.4 is 18.9 Å². The third-order valence-electron chi connectivity index (χ3n) is 1.08. The van der Waals surface area contributed by atoms with Crippen LogP contribution in [0, 0.1) is 0 Å². The molecule has 0 aliphatic heterocycles. The van der Waals surface area contributed by atoms with Crippen LogP contribution in [0.3, 0.4) is 0 Å². The fourth-order valence-corrected chi connectivity index (χ4v) is 0.869. The number of aliphatic hydroxyl groups is 1. The molecule has 13 heavy (non-hydrogen) atoms. The van der Waals surface area contributed by atoms with Gasteiger partial charge in [-0.25, -0.2) is 12.8 Å². The molecule has 1 atom stereocenters. The van der Waals surface area contributed by atoms with E-state index in [0.717, 1.165) is 0 Å². The summed E-state index contributed by atoms with van der Waals surface area (Å²) in [5, 5.41) is 3.03. The molecule has 0 aromatic heterocycles. The minimum atomic E-state index is -5.99. The Morgan fingerprint density at radius 3 is 2.08 bits per heavy atom. The van der Waals surface area contributed by atoms with Gasteiger partial charge in [-0.3, -0.25) is 0 Å². The minimum absolute atomic E-state index is 0. The van der Waals surface area contributed by atoms with Gasteiger partial charge in [-0.1, -0.05) is 0 Å². The third-order valence-corrected chi connectivity index (χ3v) is 2.00. The summed E-state index contributed by atoms with van der Waals surface area (Å²) in [5.74, 6) is 0. The average molecular weight is 214 g/mol. The van der Waals surface area contributed by atoms with Gasteiger partial charge in [-0.15, -0.1) is 0 Å². The van der Waals surface area contributed by atoms with Gasteiger partial charge >= 0.3 is 24.1 Å². The van der Waals surface area contributed by atoms with Gasteiger partial charge in [0.1, 0.15) is 0 Å². The Morgan fingerprint density at radius 2 is 1.85 bits per heavy atom. The summed E-state index contributed by atoms with van der Waals surface area (Å²) in [6.07, 6.45) is -4.25. The summed E-state index contributed by atoms with van der Waals surface area (Å²) in [4.78, 5) is 0. The van der Waals surface area contributed by atoms with E-state index in [1.54, 1.807) is 0 Å². The van der Waals surface area contributed by atoms with Crippen LogP contribution in [0.2, 0.25) is 0 Å². The van der Waals surface area contributed by atoms with Crippen LogP contribution >= 0.6 is 0 Å². The molecular weight excluding hydrogens is 208 g/mol. The fraction of sp³-hybridized carbons (Fsp3) is 1.00. The molecule has 0 aromatic rings. The Kier molecular flexibility index (Phi) is 6.31. The van der Waals surface area contributed by atoms with Gasteiger partial charge in [0.15, 0.2) is 16.3 Å². The fourth-order valence-electron chi connectivity index (χ4n) is 0.438. The van der Waals surface area contributed by atoms with Crippen molar-refractivity contribution in [2.24, 2.45) is 0 Å². The molecule has 0 aliphatic carbocycles. The first kappa shape index (κ1) is 15.7. The number of alkyl halides is 3. The summed E-state index contributed by atoms with van der Waals surface area (Å²) in [6.45, 7) is -0.952. The number of hydrogen-bond donors (Lipinski definition) is 1. The second kappa shape index (κ2) is 5.22. The Hall–Kier alpha value is 0.257. The molecule has 0 saturated carbocycles. The van der Waals surface area contributed by atoms with E-state index in [-0.39, 0.29) is 18.9 Å². The zero-order chi connectivity index (χ0) is 9.99. The first-order valence-electron chi connectivity index (χ1n) is 2.81. The van der Waals surface area contributed by atoms with E-state index < -0.39 is 34.6 Å². The van der Waals surface area contributed by atoms with Crippen molar-refractivity contribution in [3.05, 3.63) is 0 Å². The van der Waals surface area contributed by atoms with Crippen LogP contribution in [0.15, 0.2) is 0 Å². The molecule has 1 unspecified atom stereocenters. The molecule has 0 saturated heterocycles. The third kappa shape index (κ3) is 3.87. The summed E-state index contributed by atoms with van der Waals surface area (Å²) in [7, 11) is -5.99. The van der Waals surface area contributed by atoms with Crippen molar-refractivity contribution in [1.29, 1.82) is 0 Å². The number of hydrogen-bond acceptors (Lipinski definition) is 4. The first-order chi connectivity index (χ1) is 5.23. The van der Waals surface area contributed by atoms with Gasteiger partial charge in [-0.2, -0.15) is 8.78 Å². The number of aliphatic hydroxyl groups excluding tert-OH is 1. The molecule has 9 heteroatoms. The van der Waals surface area contributed by atoms with Gasteiger partial charge in [0.25, 0.3) is 0 Å². The zero-order valence-corrected chi connectivity index (χ0v) is 7.52. The Bertz CT molecular complexity index is 242. The molecule has 0 aromatic carbocycles. The number of halogens is 3. The van der Waals surface area contributed by atoms with Crippen LogP contribution in [-0.4, -0.2) is 36.1 Å². The van der Waals surface area contributed by atoms with E-state index in [2.05, 4.69) is 0 Å². The molecule has 0 spiro atoms. The average Bonchev–Trinajstić information content (AvgIpc) is 1.85. The van der Waals surface area contributed by atoms with Crippen molar-refractivity contribution in [3.63, 3.8) is 0 Å². The molecule has 0 rings (SSSR count). The maximum atomic E-state index is 12.2. The maximum Gasteiger partial charge on any atom is 1.00 e. The largest absolute Gasteiger partial charge is 1.00 e. The summed E-state index contributed by atoms with van der Waals surface area (Å²) >= 11 is 0. The maximum absolute atomic E-state index is 12.2. The molecule has 0 radical (unpaired) electrons. The van der Waals surface area contributed by atoms with Gasteiger partial charge in [0.05, 0.1) is 0 Å². The van der Waals surface area contributed by atoms with E-state index in [1.807, 2.05) is 0 Å². The topological polar surface area (TPSA) is 77.4 Å². The molecule has 4 nitrogen and oxygen atoms in total. The zero-order valence-electron chi connectivity index (χ0n) is 6.71. The normalized spacial score (nSPS) is 14.8. The van der Waals surface area contributed by atoms with Crippen molar-refractivity contribution in [1.82, 2.24) is 0 Å². The smallest absolute Gasteiger partial charge is 0.743 e. The monoisotopic (exact) mass is 214 g/mol. The van der Waals surface area contributed by atoms with Crippen molar-refractivity contribution < 1.29 is 50.1 Å². The number of rotatable bonds is 4. The van der Waals surface area contributed by atoms with E-state index in [4.69, 9.17) is 5.11 Å². The molecule has 0 aliphatic rings. The van der Waals surface area contributed by atoms with Crippen molar-refractivity contribution in [2.75, 3.05) is 6.61 Å². The van der Waals surface area contributed by atoms with E-state index in [1.165, 1.54) is 0 Å². The Labute approximate surface area is 85.1 Å². The summed E-state index contributed by atoms with van der Waals surface area (Å²) < 4.78 is 65.7. The van der Waals surface area contributed by atoms with Crippen LogP contribution in [0.1, 0.15) is 6.42 Å². The molecule has 0 fully saturated rings. The molecule has 74 valence electrons.